The Morgan fingerprint density at radius 2 is 0.446 bits per heavy atom. The van der Waals surface area contributed by atoms with Gasteiger partial charge in [-0.15, -0.1) is 22.7 Å². The van der Waals surface area contributed by atoms with Crippen molar-refractivity contribution in [2.45, 2.75) is 0 Å². The second-order valence-corrected chi connectivity index (χ2v) is 18.4. The normalized spacial score (nSPS) is 11.4. The van der Waals surface area contributed by atoms with Gasteiger partial charge in [-0.2, -0.15) is 0 Å². The third-order valence-corrected chi connectivity index (χ3v) is 14.5. The van der Waals surface area contributed by atoms with Crippen molar-refractivity contribution in [3.8, 4) is 11.1 Å². The monoisotopic (exact) mass is 867 g/mol. The summed E-state index contributed by atoms with van der Waals surface area (Å²) in [7, 11) is 0. The molecule has 0 bridgehead atoms. The zero-order valence-electron chi connectivity index (χ0n) is 35.3. The van der Waals surface area contributed by atoms with Gasteiger partial charge in [-0.05, 0) is 151 Å². The molecule has 0 N–H and O–H groups in total. The summed E-state index contributed by atoms with van der Waals surface area (Å²) in [6, 6.07) is 89.9. The fraction of sp³-hybridized carbons (Fsp3) is 0. The van der Waals surface area contributed by atoms with E-state index in [9.17, 15) is 0 Å². The molecule has 0 spiro atoms. The van der Waals surface area contributed by atoms with Gasteiger partial charge in [-0.1, -0.05) is 109 Å². The van der Waals surface area contributed by atoms with Crippen LogP contribution < -0.4 is 14.7 Å². The predicted octanol–water partition coefficient (Wildman–Crippen LogP) is 18.5. The van der Waals surface area contributed by atoms with Gasteiger partial charge in [0.15, 0.2) is 0 Å². The zero-order chi connectivity index (χ0) is 43.1. The van der Waals surface area contributed by atoms with E-state index >= 15 is 0 Å². The summed E-state index contributed by atoms with van der Waals surface area (Å²) in [4.78, 5) is 7.05. The molecule has 2 heterocycles. The number of para-hydroxylation sites is 5. The van der Waals surface area contributed by atoms with Crippen molar-refractivity contribution in [3.05, 3.63) is 249 Å². The minimum Gasteiger partial charge on any atom is -0.310 e. The van der Waals surface area contributed by atoms with Crippen LogP contribution in [0, 0.1) is 0 Å². The fourth-order valence-electron chi connectivity index (χ4n) is 9.15. The zero-order valence-corrected chi connectivity index (χ0v) is 37.0. The van der Waals surface area contributed by atoms with Gasteiger partial charge in [0.25, 0.3) is 0 Å². The fourth-order valence-corrected chi connectivity index (χ4v) is 11.3. The molecule has 0 amide bonds. The largest absolute Gasteiger partial charge is 0.310 e. The number of benzene rings is 10. The van der Waals surface area contributed by atoms with Crippen molar-refractivity contribution in [3.63, 3.8) is 0 Å². The van der Waals surface area contributed by atoms with Gasteiger partial charge in [-0.3, -0.25) is 0 Å². The van der Waals surface area contributed by atoms with Gasteiger partial charge in [0.2, 0.25) is 0 Å². The standard InChI is InChI=1S/C60H41N3S2/c1-6-16-44(17-7-1)61(45-18-8-2-9-19-45)50-31-35-58-54(39-50)53-38-43(28-34-57(53)64-58)42-26-29-49(30-27-42)63(48-24-14-5-15-25-48)52-33-37-60-56(41-52)55-40-51(32-36-59(55)65-60)62(46-20-10-3-11-21-46)47-22-12-4-13-23-47/h1-41H. The van der Waals surface area contributed by atoms with Crippen LogP contribution in [0.3, 0.4) is 0 Å². The average Bonchev–Trinajstić information content (AvgIpc) is 3.93. The summed E-state index contributed by atoms with van der Waals surface area (Å²) in [5, 5.41) is 5.04. The van der Waals surface area contributed by atoms with E-state index in [0.717, 1.165) is 51.2 Å². The molecule has 12 rings (SSSR count). The Hall–Kier alpha value is -7.96. The molecule has 65 heavy (non-hydrogen) atoms. The van der Waals surface area contributed by atoms with Gasteiger partial charge in [-0.25, -0.2) is 0 Å². The lowest BCUT2D eigenvalue weighted by Crippen LogP contribution is -2.09. The van der Waals surface area contributed by atoms with Crippen LogP contribution in [0.2, 0.25) is 0 Å². The number of hydrogen-bond acceptors (Lipinski definition) is 5. The van der Waals surface area contributed by atoms with E-state index in [4.69, 9.17) is 0 Å². The van der Waals surface area contributed by atoms with Crippen molar-refractivity contribution in [1.29, 1.82) is 0 Å². The summed E-state index contributed by atoms with van der Waals surface area (Å²) in [6.07, 6.45) is 0. The Morgan fingerprint density at radius 3 is 0.769 bits per heavy atom. The molecule has 0 aliphatic rings. The van der Waals surface area contributed by atoms with Gasteiger partial charge in [0.05, 0.1) is 0 Å². The minimum atomic E-state index is 1.10. The molecule has 0 aliphatic heterocycles. The van der Waals surface area contributed by atoms with Crippen molar-refractivity contribution < 1.29 is 0 Å². The Kier molecular flexibility index (Phi) is 9.90. The first-order chi connectivity index (χ1) is 32.2. The number of anilines is 9. The number of fused-ring (bicyclic) bond motifs is 6. The molecule has 0 radical (unpaired) electrons. The van der Waals surface area contributed by atoms with Crippen molar-refractivity contribution in [1.82, 2.24) is 0 Å². The lowest BCUT2D eigenvalue weighted by molar-refractivity contribution is 1.29. The molecule has 3 nitrogen and oxygen atoms in total. The molecule has 308 valence electrons. The minimum absolute atomic E-state index is 1.10. The quantitative estimate of drug-likeness (QED) is 0.136. The second-order valence-electron chi connectivity index (χ2n) is 16.2. The molecule has 0 saturated carbocycles. The second kappa shape index (κ2) is 16.6. The summed E-state index contributed by atoms with van der Waals surface area (Å²) >= 11 is 3.70. The van der Waals surface area contributed by atoms with E-state index < -0.39 is 0 Å². The Balaban J connectivity index is 0.915. The highest BCUT2D eigenvalue weighted by molar-refractivity contribution is 7.26. The summed E-state index contributed by atoms with van der Waals surface area (Å²) in [6.45, 7) is 0. The predicted molar refractivity (Wildman–Crippen MR) is 282 cm³/mol. The van der Waals surface area contributed by atoms with Crippen LogP contribution in [0.25, 0.3) is 51.5 Å². The van der Waals surface area contributed by atoms with Crippen molar-refractivity contribution in [2.75, 3.05) is 14.7 Å². The molecule has 2 aromatic heterocycles. The molecule has 0 aliphatic carbocycles. The first kappa shape index (κ1) is 38.7. The smallest absolute Gasteiger partial charge is 0.0468 e. The molecule has 0 fully saturated rings. The molecular weight excluding hydrogens is 827 g/mol. The van der Waals surface area contributed by atoms with Gasteiger partial charge >= 0.3 is 0 Å². The van der Waals surface area contributed by atoms with Gasteiger partial charge < -0.3 is 14.7 Å². The number of rotatable bonds is 10. The lowest BCUT2D eigenvalue weighted by atomic mass is 10.0. The maximum absolute atomic E-state index is 2.37. The van der Waals surface area contributed by atoms with E-state index in [0.29, 0.717) is 0 Å². The molecule has 0 atom stereocenters. The van der Waals surface area contributed by atoms with Crippen LogP contribution >= 0.6 is 22.7 Å². The molecule has 0 unspecified atom stereocenters. The van der Waals surface area contributed by atoms with Crippen molar-refractivity contribution in [2.24, 2.45) is 0 Å². The Morgan fingerprint density at radius 1 is 0.200 bits per heavy atom. The molecule has 10 aromatic carbocycles. The number of thiophene rings is 2. The molecular formula is C60H41N3S2. The van der Waals surface area contributed by atoms with Crippen LogP contribution in [0.5, 0.6) is 0 Å². The van der Waals surface area contributed by atoms with Crippen LogP contribution in [0.15, 0.2) is 249 Å². The third-order valence-electron chi connectivity index (χ3n) is 12.2. The summed E-state index contributed by atoms with van der Waals surface area (Å²) in [5.74, 6) is 0. The highest BCUT2D eigenvalue weighted by Gasteiger charge is 2.19. The van der Waals surface area contributed by atoms with Gasteiger partial charge in [0, 0.05) is 91.5 Å². The average molecular weight is 868 g/mol. The van der Waals surface area contributed by atoms with Crippen LogP contribution in [-0.4, -0.2) is 0 Å². The highest BCUT2D eigenvalue weighted by atomic mass is 32.1. The lowest BCUT2D eigenvalue weighted by Gasteiger charge is -2.26. The molecule has 5 heteroatoms. The van der Waals surface area contributed by atoms with Crippen LogP contribution in [-0.2, 0) is 0 Å². The first-order valence-corrected chi connectivity index (χ1v) is 23.5. The Labute approximate surface area is 386 Å². The maximum atomic E-state index is 2.37. The topological polar surface area (TPSA) is 9.72 Å². The third kappa shape index (κ3) is 7.27. The molecule has 12 aromatic rings. The Bertz CT molecular complexity index is 3510. The highest BCUT2D eigenvalue weighted by Crippen LogP contribution is 2.45. The summed E-state index contributed by atoms with van der Waals surface area (Å²) < 4.78 is 5.11. The van der Waals surface area contributed by atoms with Crippen LogP contribution in [0.1, 0.15) is 0 Å². The SMILES string of the molecule is c1ccc(N(c2ccccc2)c2ccc3sc4ccc(-c5ccc(N(c6ccccc6)c6ccc7sc8ccc(N(c9ccccc9)c9ccccc9)cc8c7c6)cc5)cc4c3c2)cc1. The number of hydrogen-bond donors (Lipinski definition) is 0. The van der Waals surface area contributed by atoms with Gasteiger partial charge in [0.1, 0.15) is 0 Å². The van der Waals surface area contributed by atoms with E-state index in [-0.39, 0.29) is 0 Å². The van der Waals surface area contributed by atoms with E-state index in [1.165, 1.54) is 51.5 Å². The van der Waals surface area contributed by atoms with E-state index in [1.807, 2.05) is 22.7 Å². The first-order valence-electron chi connectivity index (χ1n) is 21.9. The van der Waals surface area contributed by atoms with E-state index in [2.05, 4.69) is 263 Å². The van der Waals surface area contributed by atoms with E-state index in [1.54, 1.807) is 0 Å². The summed E-state index contributed by atoms with van der Waals surface area (Å²) in [5.41, 5.74) is 12.5. The molecule has 0 saturated heterocycles. The van der Waals surface area contributed by atoms with Crippen LogP contribution in [0.4, 0.5) is 51.2 Å². The van der Waals surface area contributed by atoms with Crippen molar-refractivity contribution >= 4 is 114 Å². The maximum Gasteiger partial charge on any atom is 0.0468 e. The number of nitrogens with zero attached hydrogens (tertiary/aromatic N) is 3.